The van der Waals surface area contributed by atoms with Crippen LogP contribution >= 0.6 is 11.8 Å². The van der Waals surface area contributed by atoms with Gasteiger partial charge in [0, 0.05) is 24.9 Å². The van der Waals surface area contributed by atoms with Gasteiger partial charge in [0.2, 0.25) is 5.95 Å². The molecule has 0 unspecified atom stereocenters. The second-order valence-corrected chi connectivity index (χ2v) is 9.81. The Hall–Kier alpha value is -2.56. The number of hydrogen-bond acceptors (Lipinski definition) is 8. The lowest BCUT2D eigenvalue weighted by atomic mass is 9.98. The average molecular weight is 536 g/mol. The smallest absolute Gasteiger partial charge is 0.225 e. The molecule has 0 radical (unpaired) electrons. The first-order valence-electron chi connectivity index (χ1n) is 12.6. The number of anilines is 2. The van der Waals surface area contributed by atoms with Gasteiger partial charge in [-0.25, -0.2) is 13.8 Å². The van der Waals surface area contributed by atoms with E-state index in [0.717, 1.165) is 12.0 Å². The maximum atomic E-state index is 14.1. The van der Waals surface area contributed by atoms with Gasteiger partial charge in [-0.1, -0.05) is 39.0 Å². The molecule has 1 fully saturated rings. The highest BCUT2D eigenvalue weighted by Gasteiger charge is 2.45. The first-order chi connectivity index (χ1) is 17.6. The van der Waals surface area contributed by atoms with Crippen LogP contribution < -0.4 is 10.6 Å². The molecule has 0 spiro atoms. The Labute approximate surface area is 222 Å². The molecule has 37 heavy (non-hydrogen) atoms. The fourth-order valence-corrected chi connectivity index (χ4v) is 4.99. The molecular formula is C27H39F2N5O2S. The van der Waals surface area contributed by atoms with Gasteiger partial charge in [0.25, 0.3) is 0 Å². The Kier molecular flexibility index (Phi) is 11.5. The van der Waals surface area contributed by atoms with Crippen LogP contribution in [0.2, 0.25) is 0 Å². The van der Waals surface area contributed by atoms with Gasteiger partial charge in [0.05, 0.1) is 23.4 Å². The van der Waals surface area contributed by atoms with Crippen molar-refractivity contribution < 1.29 is 19.0 Å². The minimum Gasteiger partial charge on any atom is -0.390 e. The predicted octanol–water partition coefficient (Wildman–Crippen LogP) is 5.46. The summed E-state index contributed by atoms with van der Waals surface area (Å²) in [5, 5.41) is 27.9. The van der Waals surface area contributed by atoms with Gasteiger partial charge in [-0.2, -0.15) is 4.98 Å². The zero-order valence-corrected chi connectivity index (χ0v) is 23.3. The lowest BCUT2D eigenvalue weighted by Gasteiger charge is -2.30. The van der Waals surface area contributed by atoms with Crippen LogP contribution in [0.15, 0.2) is 35.3 Å². The van der Waals surface area contributed by atoms with E-state index in [4.69, 9.17) is 0 Å². The summed E-state index contributed by atoms with van der Waals surface area (Å²) < 4.78 is 28.2. The van der Waals surface area contributed by atoms with Gasteiger partial charge in [0.1, 0.15) is 28.1 Å². The first-order valence-corrected chi connectivity index (χ1v) is 13.6. The molecule has 3 rings (SSSR count). The van der Waals surface area contributed by atoms with Gasteiger partial charge in [-0.15, -0.1) is 11.8 Å². The van der Waals surface area contributed by atoms with Gasteiger partial charge < -0.3 is 20.8 Å². The molecule has 0 bridgehead atoms. The van der Waals surface area contributed by atoms with Crippen molar-refractivity contribution in [3.8, 4) is 0 Å². The van der Waals surface area contributed by atoms with Crippen LogP contribution in [-0.4, -0.2) is 55.8 Å². The molecular weight excluding hydrogens is 496 g/mol. The van der Waals surface area contributed by atoms with Crippen molar-refractivity contribution in [3.05, 3.63) is 58.8 Å². The topological polar surface area (TPSA) is 103 Å². The van der Waals surface area contributed by atoms with Crippen LogP contribution in [0.3, 0.4) is 0 Å². The highest BCUT2D eigenvalue weighted by Crippen LogP contribution is 2.34. The quantitative estimate of drug-likeness (QED) is 0.192. The SMILES string of the molecule is C=C(CC)CSC(=NC)c1c(C)nc(NCc2c(F)cccc2F)nc1N[C@@H]1CC[C@@H](O)[C@@]1(C)O.CC. The molecule has 1 aliphatic rings. The molecule has 10 heteroatoms. The molecule has 3 atom stereocenters. The Bertz CT molecular complexity index is 1090. The van der Waals surface area contributed by atoms with Crippen molar-refractivity contribution in [2.75, 3.05) is 23.4 Å². The fraction of sp³-hybridized carbons (Fsp3) is 0.519. The molecule has 1 saturated carbocycles. The normalized spacial score (nSPS) is 21.3. The number of thioether (sulfide) groups is 1. The van der Waals surface area contributed by atoms with E-state index < -0.39 is 29.4 Å². The predicted molar refractivity (Wildman–Crippen MR) is 149 cm³/mol. The van der Waals surface area contributed by atoms with E-state index in [1.807, 2.05) is 20.8 Å². The second kappa shape index (κ2) is 13.8. The molecule has 1 aromatic carbocycles. The van der Waals surface area contributed by atoms with Gasteiger partial charge in [-0.05, 0) is 45.2 Å². The first kappa shape index (κ1) is 30.7. The van der Waals surface area contributed by atoms with Crippen molar-refractivity contribution >= 4 is 28.6 Å². The number of aromatic nitrogens is 2. The molecule has 0 amide bonds. The van der Waals surface area contributed by atoms with E-state index in [1.165, 1.54) is 30.0 Å². The van der Waals surface area contributed by atoms with E-state index in [9.17, 15) is 19.0 Å². The Morgan fingerprint density at radius 3 is 2.43 bits per heavy atom. The largest absolute Gasteiger partial charge is 0.390 e. The van der Waals surface area contributed by atoms with Crippen LogP contribution in [0.25, 0.3) is 0 Å². The molecule has 4 N–H and O–H groups in total. The summed E-state index contributed by atoms with van der Waals surface area (Å²) in [4.78, 5) is 13.6. The molecule has 1 aliphatic carbocycles. The second-order valence-electron chi connectivity index (χ2n) is 8.85. The highest BCUT2D eigenvalue weighted by atomic mass is 32.2. The third-order valence-corrected chi connectivity index (χ3v) is 7.54. The monoisotopic (exact) mass is 535 g/mol. The van der Waals surface area contributed by atoms with Crippen molar-refractivity contribution in [1.82, 2.24) is 9.97 Å². The number of nitrogens with one attached hydrogen (secondary N) is 2. The zero-order chi connectivity index (χ0) is 27.8. The number of nitrogens with zero attached hydrogens (tertiary/aromatic N) is 3. The molecule has 1 heterocycles. The standard InChI is InChI=1S/C25H33F2N5O2S.C2H6/c1-6-14(2)13-35-23(28-5)21-15(3)30-24(29-12-16-17(26)8-7-9-18(16)27)32-22(21)31-19-10-11-20(33)25(19,4)34;1-2/h7-9,19-20,33-34H,2,6,10-13H2,1,3-5H3,(H2,29,30,31,32);1-2H3/t19-,20-,25+;/m1./s1. The fourth-order valence-electron chi connectivity index (χ4n) is 3.93. The van der Waals surface area contributed by atoms with Crippen molar-refractivity contribution in [2.45, 2.75) is 78.2 Å². The zero-order valence-electron chi connectivity index (χ0n) is 22.5. The summed E-state index contributed by atoms with van der Waals surface area (Å²) in [6.07, 6.45) is 0.970. The number of rotatable bonds is 9. The number of aliphatic imine (C=N–C) groups is 1. The Morgan fingerprint density at radius 2 is 1.89 bits per heavy atom. The lowest BCUT2D eigenvalue weighted by molar-refractivity contribution is -0.0439. The Balaban J connectivity index is 0.00000235. The van der Waals surface area contributed by atoms with E-state index in [2.05, 4.69) is 32.2 Å². The molecule has 7 nitrogen and oxygen atoms in total. The van der Waals surface area contributed by atoms with Crippen molar-refractivity contribution in [1.29, 1.82) is 0 Å². The number of benzene rings is 1. The van der Waals surface area contributed by atoms with Crippen LogP contribution in [0.5, 0.6) is 0 Å². The number of halogens is 2. The van der Waals surface area contributed by atoms with Gasteiger partial charge in [0.15, 0.2) is 0 Å². The maximum Gasteiger partial charge on any atom is 0.225 e. The van der Waals surface area contributed by atoms with Crippen molar-refractivity contribution in [3.63, 3.8) is 0 Å². The van der Waals surface area contributed by atoms with Crippen LogP contribution in [0, 0.1) is 18.6 Å². The number of hydrogen-bond donors (Lipinski definition) is 4. The molecule has 1 aromatic heterocycles. The minimum atomic E-state index is -1.35. The third-order valence-electron chi connectivity index (χ3n) is 6.32. The molecule has 204 valence electrons. The lowest BCUT2D eigenvalue weighted by Crippen LogP contribution is -2.47. The number of aliphatic hydroxyl groups excluding tert-OH is 1. The summed E-state index contributed by atoms with van der Waals surface area (Å²) in [6, 6.07) is 3.24. The molecule has 2 aromatic rings. The van der Waals surface area contributed by atoms with Crippen LogP contribution in [0.4, 0.5) is 20.5 Å². The Morgan fingerprint density at radius 1 is 1.24 bits per heavy atom. The third kappa shape index (κ3) is 7.49. The summed E-state index contributed by atoms with van der Waals surface area (Å²) in [5.41, 5.74) is 0.871. The summed E-state index contributed by atoms with van der Waals surface area (Å²) >= 11 is 1.51. The van der Waals surface area contributed by atoms with Crippen molar-refractivity contribution in [2.24, 2.45) is 4.99 Å². The summed E-state index contributed by atoms with van der Waals surface area (Å²) in [7, 11) is 1.68. The molecule has 0 saturated heterocycles. The summed E-state index contributed by atoms with van der Waals surface area (Å²) in [6.45, 7) is 13.3. The van der Waals surface area contributed by atoms with E-state index in [-0.39, 0.29) is 18.1 Å². The van der Waals surface area contributed by atoms with Crippen LogP contribution in [-0.2, 0) is 6.54 Å². The maximum absolute atomic E-state index is 14.1. The average Bonchev–Trinajstić information content (AvgIpc) is 3.12. The minimum absolute atomic E-state index is 0.112. The van der Waals surface area contributed by atoms with E-state index >= 15 is 0 Å². The van der Waals surface area contributed by atoms with E-state index in [1.54, 1.807) is 20.9 Å². The van der Waals surface area contributed by atoms with Gasteiger partial charge in [-0.3, -0.25) is 4.99 Å². The van der Waals surface area contributed by atoms with Gasteiger partial charge >= 0.3 is 0 Å². The summed E-state index contributed by atoms with van der Waals surface area (Å²) in [5.74, 6) is -0.0491. The molecule has 0 aliphatic heterocycles. The number of aryl methyl sites for hydroxylation is 1. The highest BCUT2D eigenvalue weighted by molar-refractivity contribution is 8.14. The number of aliphatic hydroxyl groups is 2. The van der Waals surface area contributed by atoms with E-state index in [0.29, 0.717) is 40.7 Å². The van der Waals surface area contributed by atoms with Crippen LogP contribution in [0.1, 0.15) is 63.8 Å².